The van der Waals surface area contributed by atoms with E-state index < -0.39 is 0 Å². The number of carbonyl (C=O) groups excluding carboxylic acids is 1. The highest BCUT2D eigenvalue weighted by Gasteiger charge is 2.09. The van der Waals surface area contributed by atoms with Gasteiger partial charge in [0.15, 0.2) is 0 Å². The number of hydrogen-bond donors (Lipinski definition) is 2. The maximum Gasteiger partial charge on any atom is 0.255 e. The maximum atomic E-state index is 12.2. The summed E-state index contributed by atoms with van der Waals surface area (Å²) in [6, 6.07) is 14.1. The highest BCUT2D eigenvalue weighted by atomic mass is 16.5. The number of methoxy groups -OCH3 is 1. The molecule has 0 aromatic heterocycles. The molecule has 0 bridgehead atoms. The fourth-order valence-electron chi connectivity index (χ4n) is 1.80. The molecule has 3 N–H and O–H groups in total. The molecule has 1 amide bonds. The van der Waals surface area contributed by atoms with Gasteiger partial charge in [0.25, 0.3) is 5.91 Å². The molecule has 5 heteroatoms. The van der Waals surface area contributed by atoms with Crippen LogP contribution >= 0.6 is 0 Å². The molecule has 0 atom stereocenters. The zero-order valence-corrected chi connectivity index (χ0v) is 11.8. The normalized spacial score (nSPS) is 10.0. The topological polar surface area (TPSA) is 73.6 Å². The maximum absolute atomic E-state index is 12.2. The largest absolute Gasteiger partial charge is 0.497 e. The van der Waals surface area contributed by atoms with Gasteiger partial charge in [0.05, 0.1) is 12.8 Å². The van der Waals surface area contributed by atoms with Crippen molar-refractivity contribution in [2.24, 2.45) is 5.73 Å². The molecule has 0 aliphatic heterocycles. The Kier molecular flexibility index (Phi) is 5.17. The van der Waals surface area contributed by atoms with Crippen LogP contribution in [-0.2, 0) is 0 Å². The van der Waals surface area contributed by atoms with Gasteiger partial charge in [-0.1, -0.05) is 12.1 Å². The molecule has 2 rings (SSSR count). The summed E-state index contributed by atoms with van der Waals surface area (Å²) in [6.07, 6.45) is 0. The van der Waals surface area contributed by atoms with Gasteiger partial charge in [0.1, 0.15) is 18.1 Å². The molecular formula is C16H18N2O3. The van der Waals surface area contributed by atoms with Gasteiger partial charge in [0.2, 0.25) is 0 Å². The molecule has 0 saturated carbocycles. The van der Waals surface area contributed by atoms with Crippen molar-refractivity contribution in [1.82, 2.24) is 0 Å². The van der Waals surface area contributed by atoms with E-state index in [4.69, 9.17) is 15.2 Å². The van der Waals surface area contributed by atoms with E-state index in [1.165, 1.54) is 0 Å². The lowest BCUT2D eigenvalue weighted by Crippen LogP contribution is -2.15. The van der Waals surface area contributed by atoms with E-state index in [-0.39, 0.29) is 5.91 Å². The molecule has 0 saturated heterocycles. The molecule has 110 valence electrons. The minimum Gasteiger partial charge on any atom is -0.497 e. The number of benzene rings is 2. The van der Waals surface area contributed by atoms with Crippen molar-refractivity contribution < 1.29 is 14.3 Å². The van der Waals surface area contributed by atoms with Crippen LogP contribution in [0.15, 0.2) is 48.5 Å². The summed E-state index contributed by atoms with van der Waals surface area (Å²) >= 11 is 0. The Hall–Kier alpha value is -2.53. The monoisotopic (exact) mass is 286 g/mol. The SMILES string of the molecule is COc1ccc(C(=O)Nc2ccccc2OCCN)cc1. The zero-order chi connectivity index (χ0) is 15.1. The zero-order valence-electron chi connectivity index (χ0n) is 11.8. The molecule has 2 aromatic rings. The second-order valence-electron chi connectivity index (χ2n) is 4.32. The smallest absolute Gasteiger partial charge is 0.255 e. The van der Waals surface area contributed by atoms with Crippen LogP contribution in [-0.4, -0.2) is 26.2 Å². The Morgan fingerprint density at radius 1 is 1.14 bits per heavy atom. The standard InChI is InChI=1S/C16H18N2O3/c1-20-13-8-6-12(7-9-13)16(19)18-14-4-2-3-5-15(14)21-11-10-17/h2-9H,10-11,17H2,1H3,(H,18,19). The average molecular weight is 286 g/mol. The van der Waals surface area contributed by atoms with E-state index in [0.717, 1.165) is 0 Å². The predicted octanol–water partition coefficient (Wildman–Crippen LogP) is 2.29. The highest BCUT2D eigenvalue weighted by molar-refractivity contribution is 6.05. The third-order valence-corrected chi connectivity index (χ3v) is 2.86. The molecule has 0 spiro atoms. The Morgan fingerprint density at radius 2 is 1.86 bits per heavy atom. The molecule has 0 heterocycles. The number of anilines is 1. The number of carbonyl (C=O) groups is 1. The van der Waals surface area contributed by atoms with Crippen LogP contribution < -0.4 is 20.5 Å². The van der Waals surface area contributed by atoms with Crippen molar-refractivity contribution in [3.8, 4) is 11.5 Å². The summed E-state index contributed by atoms with van der Waals surface area (Å²) in [4.78, 5) is 12.2. The van der Waals surface area contributed by atoms with Crippen LogP contribution in [0.2, 0.25) is 0 Å². The van der Waals surface area contributed by atoms with Crippen molar-refractivity contribution in [1.29, 1.82) is 0 Å². The van der Waals surface area contributed by atoms with E-state index in [0.29, 0.717) is 35.9 Å². The van der Waals surface area contributed by atoms with Crippen LogP contribution in [0.3, 0.4) is 0 Å². The number of para-hydroxylation sites is 2. The Balaban J connectivity index is 2.11. The summed E-state index contributed by atoms with van der Waals surface area (Å²) in [5.74, 6) is 1.10. The van der Waals surface area contributed by atoms with Gasteiger partial charge >= 0.3 is 0 Å². The molecule has 0 fully saturated rings. The Morgan fingerprint density at radius 3 is 2.52 bits per heavy atom. The summed E-state index contributed by atoms with van der Waals surface area (Å²) in [5, 5.41) is 2.83. The summed E-state index contributed by atoms with van der Waals surface area (Å²) in [7, 11) is 1.58. The average Bonchev–Trinajstić information content (AvgIpc) is 2.54. The molecule has 5 nitrogen and oxygen atoms in total. The van der Waals surface area contributed by atoms with E-state index in [1.807, 2.05) is 12.1 Å². The number of nitrogens with one attached hydrogen (secondary N) is 1. The third-order valence-electron chi connectivity index (χ3n) is 2.86. The molecule has 21 heavy (non-hydrogen) atoms. The van der Waals surface area contributed by atoms with Crippen LogP contribution in [0, 0.1) is 0 Å². The Bertz CT molecular complexity index is 597. The van der Waals surface area contributed by atoms with Crippen LogP contribution in [0.1, 0.15) is 10.4 Å². The first-order chi connectivity index (χ1) is 10.2. The molecule has 0 aliphatic carbocycles. The third kappa shape index (κ3) is 3.97. The van der Waals surface area contributed by atoms with Crippen molar-refractivity contribution in [2.75, 3.05) is 25.6 Å². The van der Waals surface area contributed by atoms with Gasteiger partial charge in [-0.3, -0.25) is 4.79 Å². The molecule has 0 unspecified atom stereocenters. The molecule has 2 aromatic carbocycles. The van der Waals surface area contributed by atoms with E-state index >= 15 is 0 Å². The lowest BCUT2D eigenvalue weighted by Gasteiger charge is -2.12. The van der Waals surface area contributed by atoms with Gasteiger partial charge in [0, 0.05) is 12.1 Å². The van der Waals surface area contributed by atoms with Crippen LogP contribution in [0.4, 0.5) is 5.69 Å². The molecule has 0 radical (unpaired) electrons. The van der Waals surface area contributed by atoms with Crippen LogP contribution in [0.5, 0.6) is 11.5 Å². The van der Waals surface area contributed by atoms with E-state index in [2.05, 4.69) is 5.32 Å². The summed E-state index contributed by atoms with van der Waals surface area (Å²) in [5.41, 5.74) is 6.59. The minimum atomic E-state index is -0.207. The van der Waals surface area contributed by atoms with Crippen molar-refractivity contribution >= 4 is 11.6 Å². The predicted molar refractivity (Wildman–Crippen MR) is 81.9 cm³/mol. The first kappa shape index (κ1) is 14.9. The number of amides is 1. The second-order valence-corrected chi connectivity index (χ2v) is 4.32. The molecular weight excluding hydrogens is 268 g/mol. The lowest BCUT2D eigenvalue weighted by molar-refractivity contribution is 0.102. The first-order valence-electron chi connectivity index (χ1n) is 6.62. The highest BCUT2D eigenvalue weighted by Crippen LogP contribution is 2.24. The Labute approximate surface area is 123 Å². The van der Waals surface area contributed by atoms with Gasteiger partial charge in [-0.05, 0) is 36.4 Å². The fraction of sp³-hybridized carbons (Fsp3) is 0.188. The number of rotatable bonds is 6. The van der Waals surface area contributed by atoms with Crippen molar-refractivity contribution in [3.05, 3.63) is 54.1 Å². The fourth-order valence-corrected chi connectivity index (χ4v) is 1.80. The quantitative estimate of drug-likeness (QED) is 0.854. The van der Waals surface area contributed by atoms with Gasteiger partial charge in [-0.15, -0.1) is 0 Å². The van der Waals surface area contributed by atoms with E-state index in [1.54, 1.807) is 43.5 Å². The number of hydrogen-bond acceptors (Lipinski definition) is 4. The van der Waals surface area contributed by atoms with Gasteiger partial charge < -0.3 is 20.5 Å². The van der Waals surface area contributed by atoms with Crippen molar-refractivity contribution in [3.63, 3.8) is 0 Å². The van der Waals surface area contributed by atoms with E-state index in [9.17, 15) is 4.79 Å². The van der Waals surface area contributed by atoms with Gasteiger partial charge in [-0.25, -0.2) is 0 Å². The summed E-state index contributed by atoms with van der Waals surface area (Å²) in [6.45, 7) is 0.816. The lowest BCUT2D eigenvalue weighted by atomic mass is 10.2. The summed E-state index contributed by atoms with van der Waals surface area (Å²) < 4.78 is 10.6. The van der Waals surface area contributed by atoms with Crippen molar-refractivity contribution in [2.45, 2.75) is 0 Å². The van der Waals surface area contributed by atoms with Crippen LogP contribution in [0.25, 0.3) is 0 Å². The number of nitrogens with two attached hydrogens (primary N) is 1. The first-order valence-corrected chi connectivity index (χ1v) is 6.62. The minimum absolute atomic E-state index is 0.207. The number of ether oxygens (including phenoxy) is 2. The second kappa shape index (κ2) is 7.31. The molecule has 0 aliphatic rings. The van der Waals surface area contributed by atoms with Gasteiger partial charge in [-0.2, -0.15) is 0 Å².